The summed E-state index contributed by atoms with van der Waals surface area (Å²) in [5.74, 6) is 0. The Morgan fingerprint density at radius 1 is 0.368 bits per heavy atom. The molecule has 0 spiro atoms. The molecule has 0 aliphatic rings. The van der Waals surface area contributed by atoms with Gasteiger partial charge in [-0.05, 0) is 77.0 Å². The summed E-state index contributed by atoms with van der Waals surface area (Å²) in [5.41, 5.74) is 0. The van der Waals surface area contributed by atoms with Crippen molar-refractivity contribution in [3.8, 4) is 0 Å². The lowest BCUT2D eigenvalue weighted by Crippen LogP contribution is -2.48. The van der Waals surface area contributed by atoms with Gasteiger partial charge in [-0.2, -0.15) is 0 Å². The lowest BCUT2D eigenvalue weighted by Gasteiger charge is -2.33. The molecule has 0 bridgehead atoms. The van der Waals surface area contributed by atoms with Gasteiger partial charge in [0.05, 0.1) is 53.6 Å². The Kier molecular flexibility index (Phi) is 48.9. The summed E-state index contributed by atoms with van der Waals surface area (Å²) in [6.07, 6.45) is 46.9. The van der Waals surface area contributed by atoms with E-state index in [9.17, 15) is 0 Å². The Labute approximate surface area is 354 Å². The van der Waals surface area contributed by atoms with E-state index in [1.165, 1.54) is 180 Å². The van der Waals surface area contributed by atoms with Crippen molar-refractivity contribution >= 4 is 10.4 Å². The van der Waals surface area contributed by atoms with Crippen LogP contribution in [0.5, 0.6) is 0 Å². The van der Waals surface area contributed by atoms with E-state index < -0.39 is 10.4 Å². The molecule has 0 atom stereocenters. The molecular weight excluding hydrogens is 741 g/mol. The predicted molar refractivity (Wildman–Crippen MR) is 239 cm³/mol. The minimum atomic E-state index is -5.17. The van der Waals surface area contributed by atoms with Crippen LogP contribution in [0.1, 0.15) is 194 Å². The van der Waals surface area contributed by atoms with E-state index in [1.54, 1.807) is 0 Å². The molecule has 0 aromatic carbocycles. The maximum atomic E-state index is 9.16. The summed E-state index contributed by atoms with van der Waals surface area (Å²) in [6, 6.07) is 0. The molecule has 0 amide bonds. The van der Waals surface area contributed by atoms with E-state index in [0.29, 0.717) is 0 Å². The van der Waals surface area contributed by atoms with Gasteiger partial charge < -0.3 is 38.5 Å². The first-order valence-corrected chi connectivity index (χ1v) is 24.8. The van der Waals surface area contributed by atoms with Crippen LogP contribution < -0.4 is 0 Å². The number of nitrogens with zero attached hydrogens (tertiary/aromatic N) is 2. The Morgan fingerprint density at radius 3 is 0.772 bits per heavy atom. The van der Waals surface area contributed by atoms with Crippen molar-refractivity contribution in [1.82, 2.24) is 0 Å². The van der Waals surface area contributed by atoms with Gasteiger partial charge in [-0.3, -0.25) is 8.42 Å². The van der Waals surface area contributed by atoms with Crippen LogP contribution in [0.25, 0.3) is 0 Å². The second-order valence-electron chi connectivity index (χ2n) is 16.8. The van der Waals surface area contributed by atoms with Crippen LogP contribution >= 0.6 is 0 Å². The van der Waals surface area contributed by atoms with Gasteiger partial charge in [0.2, 0.25) is 0 Å². The highest BCUT2D eigenvalue weighted by molar-refractivity contribution is 7.79. The van der Waals surface area contributed by atoms with Crippen LogP contribution in [-0.2, 0) is 10.4 Å². The fourth-order valence-corrected chi connectivity index (χ4v) is 7.12. The average molecular weight is 837 g/mol. The molecule has 0 fully saturated rings. The number of hydrogen-bond acceptors (Lipinski definition) is 8. The summed E-state index contributed by atoms with van der Waals surface area (Å²) in [5, 5.41) is 36.6. The second kappa shape index (κ2) is 46.2. The molecule has 0 aromatic heterocycles. The largest absolute Gasteiger partial charge is 0.759 e. The van der Waals surface area contributed by atoms with Crippen LogP contribution in [0.2, 0.25) is 0 Å². The Balaban J connectivity index is -0.000000913. The maximum Gasteiger partial charge on any atom is 0.102 e. The first kappa shape index (κ1) is 60.4. The fourth-order valence-electron chi connectivity index (χ4n) is 7.12. The van der Waals surface area contributed by atoms with Gasteiger partial charge in [0.15, 0.2) is 0 Å². The van der Waals surface area contributed by atoms with Crippen LogP contribution in [0.15, 0.2) is 24.3 Å². The molecule has 0 rings (SSSR count). The van der Waals surface area contributed by atoms with Crippen LogP contribution in [-0.4, -0.2) is 127 Å². The van der Waals surface area contributed by atoms with Crippen molar-refractivity contribution in [1.29, 1.82) is 0 Å². The molecule has 0 saturated heterocycles. The Bertz CT molecular complexity index is 869. The zero-order valence-electron chi connectivity index (χ0n) is 37.9. The highest BCUT2D eigenvalue weighted by Crippen LogP contribution is 2.14. The third kappa shape index (κ3) is 55.1. The normalized spacial score (nSPS) is 12.2. The number of hydrogen-bond donors (Lipinski definition) is 4. The quantitative estimate of drug-likeness (QED) is 0.0156. The first-order chi connectivity index (χ1) is 27.4. The predicted octanol–water partition coefficient (Wildman–Crippen LogP) is 9.57. The van der Waals surface area contributed by atoms with Crippen molar-refractivity contribution in [2.75, 3.05) is 79.8 Å². The molecule has 0 heterocycles. The average Bonchev–Trinajstić information content (AvgIpc) is 3.14. The molecule has 10 nitrogen and oxygen atoms in total. The molecule has 0 unspecified atom stereocenters. The summed E-state index contributed by atoms with van der Waals surface area (Å²) < 4.78 is 35.7. The number of rotatable bonds is 40. The number of allylic oxidation sites excluding steroid dienone is 4. The fraction of sp³-hybridized carbons (Fsp3) is 0.913. The number of quaternary nitrogens is 2. The van der Waals surface area contributed by atoms with Crippen LogP contribution in [0.3, 0.4) is 0 Å². The molecule has 11 heteroatoms. The molecule has 0 saturated carbocycles. The topological polar surface area (TPSA) is 161 Å². The van der Waals surface area contributed by atoms with Gasteiger partial charge in [0.25, 0.3) is 0 Å². The third-order valence-corrected chi connectivity index (χ3v) is 11.0. The standard InChI is InChI=1S/2C23H48NO2.H2O4S/c2*1-3-4-5-6-7-8-9-10-11-12-13-14-15-16-17-18-19-24(2,20-22-25)21-23-26;1-5(2,3)4/h2*10-11,25-26H,3-9,12-23H2,1-2H3;(H2,1,2,3,4)/q2*+1;/p-2/b2*11-10-;. The highest BCUT2D eigenvalue weighted by Gasteiger charge is 2.20. The van der Waals surface area contributed by atoms with Gasteiger partial charge >= 0.3 is 0 Å². The zero-order valence-corrected chi connectivity index (χ0v) is 38.7. The molecule has 0 aromatic rings. The summed E-state index contributed by atoms with van der Waals surface area (Å²) >= 11 is 0. The van der Waals surface area contributed by atoms with Crippen molar-refractivity contribution in [3.63, 3.8) is 0 Å². The van der Waals surface area contributed by atoms with E-state index in [1.807, 2.05) is 0 Å². The van der Waals surface area contributed by atoms with Crippen molar-refractivity contribution in [2.24, 2.45) is 0 Å². The summed E-state index contributed by atoms with van der Waals surface area (Å²) in [6.45, 7) is 10.6. The number of unbranched alkanes of at least 4 members (excludes halogenated alkanes) is 24. The summed E-state index contributed by atoms with van der Waals surface area (Å²) in [4.78, 5) is 0. The number of aliphatic hydroxyl groups excluding tert-OH is 4. The van der Waals surface area contributed by atoms with Crippen LogP contribution in [0, 0.1) is 0 Å². The van der Waals surface area contributed by atoms with Crippen molar-refractivity contribution < 1.29 is 46.9 Å². The molecule has 344 valence electrons. The zero-order chi connectivity index (χ0) is 43.2. The van der Waals surface area contributed by atoms with E-state index in [4.69, 9.17) is 37.9 Å². The summed E-state index contributed by atoms with van der Waals surface area (Å²) in [7, 11) is -0.881. The minimum Gasteiger partial charge on any atom is -0.759 e. The molecule has 0 radical (unpaired) electrons. The van der Waals surface area contributed by atoms with Gasteiger partial charge in [-0.1, -0.05) is 141 Å². The third-order valence-electron chi connectivity index (χ3n) is 11.0. The van der Waals surface area contributed by atoms with E-state index in [-0.39, 0.29) is 26.4 Å². The van der Waals surface area contributed by atoms with E-state index >= 15 is 0 Å². The first-order valence-electron chi connectivity index (χ1n) is 23.4. The minimum absolute atomic E-state index is 0.211. The SMILES string of the molecule is CCCCCCCC/C=C\CCCCCCCC[N+](C)(CCO)CCO.CCCCCCCC/C=C\CCCCCCCC[N+](C)(CCO)CCO.O=S(=O)([O-])[O-]. The maximum absolute atomic E-state index is 9.16. The molecule has 4 N–H and O–H groups in total. The Morgan fingerprint density at radius 2 is 0.561 bits per heavy atom. The van der Waals surface area contributed by atoms with E-state index in [0.717, 1.165) is 48.2 Å². The molecular formula is C46H96N2O8S. The van der Waals surface area contributed by atoms with Gasteiger partial charge in [-0.15, -0.1) is 0 Å². The van der Waals surface area contributed by atoms with Gasteiger partial charge in [0.1, 0.15) is 26.2 Å². The Hall–Kier alpha value is -0.890. The van der Waals surface area contributed by atoms with Gasteiger partial charge in [-0.25, -0.2) is 0 Å². The second-order valence-corrected chi connectivity index (χ2v) is 17.6. The number of aliphatic hydroxyl groups is 4. The van der Waals surface area contributed by atoms with E-state index in [2.05, 4.69) is 52.2 Å². The molecule has 0 aliphatic carbocycles. The molecule has 57 heavy (non-hydrogen) atoms. The highest BCUT2D eigenvalue weighted by atomic mass is 32.3. The van der Waals surface area contributed by atoms with Crippen LogP contribution in [0.4, 0.5) is 0 Å². The number of likely N-dealkylation sites (N-methyl/N-ethyl adjacent to an activating group) is 2. The smallest absolute Gasteiger partial charge is 0.102 e. The van der Waals surface area contributed by atoms with Crippen molar-refractivity contribution in [2.45, 2.75) is 194 Å². The monoisotopic (exact) mass is 837 g/mol. The lowest BCUT2D eigenvalue weighted by atomic mass is 10.1. The molecule has 0 aliphatic heterocycles. The van der Waals surface area contributed by atoms with Crippen molar-refractivity contribution in [3.05, 3.63) is 24.3 Å². The van der Waals surface area contributed by atoms with Gasteiger partial charge in [0, 0.05) is 10.4 Å². The lowest BCUT2D eigenvalue weighted by molar-refractivity contribution is -0.910.